The molecule has 2 aromatic rings. The predicted octanol–water partition coefficient (Wildman–Crippen LogP) is 3.68. The fraction of sp³-hybridized carbons (Fsp3) is 0.316. The number of hydrogen-bond acceptors (Lipinski definition) is 3. The van der Waals surface area contributed by atoms with E-state index < -0.39 is 16.1 Å². The van der Waals surface area contributed by atoms with Gasteiger partial charge < -0.3 is 5.32 Å². The third kappa shape index (κ3) is 4.77. The Morgan fingerprint density at radius 1 is 1.12 bits per heavy atom. The molecule has 1 amide bonds. The summed E-state index contributed by atoms with van der Waals surface area (Å²) < 4.78 is 25.8. The minimum Gasteiger partial charge on any atom is -0.348 e. The van der Waals surface area contributed by atoms with Gasteiger partial charge in [-0.3, -0.25) is 9.10 Å². The monoisotopic (exact) mass is 394 g/mol. The zero-order chi connectivity index (χ0) is 19.5. The van der Waals surface area contributed by atoms with Gasteiger partial charge in [-0.1, -0.05) is 48.0 Å². The molecule has 0 unspecified atom stereocenters. The van der Waals surface area contributed by atoms with E-state index in [-0.39, 0.29) is 11.9 Å². The van der Waals surface area contributed by atoms with Crippen LogP contribution in [0.4, 0.5) is 5.69 Å². The largest absolute Gasteiger partial charge is 0.348 e. The second kappa shape index (κ2) is 8.10. The van der Waals surface area contributed by atoms with Crippen LogP contribution in [0.5, 0.6) is 0 Å². The first-order valence-corrected chi connectivity index (χ1v) is 10.4. The lowest BCUT2D eigenvalue weighted by atomic mass is 10.1. The summed E-state index contributed by atoms with van der Waals surface area (Å²) in [6, 6.07) is 13.3. The Morgan fingerprint density at radius 2 is 1.73 bits per heavy atom. The van der Waals surface area contributed by atoms with E-state index in [2.05, 4.69) is 5.32 Å². The molecule has 0 aliphatic rings. The van der Waals surface area contributed by atoms with Gasteiger partial charge >= 0.3 is 0 Å². The molecule has 0 bridgehead atoms. The summed E-state index contributed by atoms with van der Waals surface area (Å²) in [7, 11) is -3.68. The number of nitrogens with one attached hydrogen (secondary N) is 1. The Labute approximate surface area is 160 Å². The molecule has 1 N–H and O–H groups in total. The van der Waals surface area contributed by atoms with Crippen molar-refractivity contribution in [3.63, 3.8) is 0 Å². The third-order valence-corrected chi connectivity index (χ3v) is 5.81. The molecule has 0 aromatic heterocycles. The van der Waals surface area contributed by atoms with Gasteiger partial charge in [0.2, 0.25) is 15.9 Å². The van der Waals surface area contributed by atoms with Crippen LogP contribution in [0.25, 0.3) is 0 Å². The Balaban J connectivity index is 2.27. The summed E-state index contributed by atoms with van der Waals surface area (Å²) in [4.78, 5) is 12.7. The topological polar surface area (TPSA) is 66.5 Å². The molecule has 0 radical (unpaired) electrons. The molecular formula is C19H23ClN2O3S. The molecular weight excluding hydrogens is 372 g/mol. The van der Waals surface area contributed by atoms with Crippen LogP contribution in [-0.2, 0) is 14.8 Å². The van der Waals surface area contributed by atoms with Gasteiger partial charge in [0.1, 0.15) is 6.04 Å². The van der Waals surface area contributed by atoms with Gasteiger partial charge in [-0.15, -0.1) is 0 Å². The fourth-order valence-corrected chi connectivity index (χ4v) is 4.03. The van der Waals surface area contributed by atoms with Crippen LogP contribution in [0.15, 0.2) is 48.5 Å². The molecule has 0 aliphatic carbocycles. The van der Waals surface area contributed by atoms with Gasteiger partial charge in [0.25, 0.3) is 0 Å². The highest BCUT2D eigenvalue weighted by Gasteiger charge is 2.30. The van der Waals surface area contributed by atoms with Gasteiger partial charge in [0.05, 0.1) is 18.0 Å². The number of anilines is 1. The maximum Gasteiger partial charge on any atom is 0.244 e. The molecule has 0 heterocycles. The summed E-state index contributed by atoms with van der Waals surface area (Å²) in [5.74, 6) is -0.386. The molecule has 7 heteroatoms. The maximum absolute atomic E-state index is 12.7. The standard InChI is InChI=1S/C19H23ClN2O3S/c1-13-10-11-17(12-18(13)20)22(26(4,24)25)15(3)19(23)21-14(2)16-8-6-5-7-9-16/h5-12,14-15H,1-4H3,(H,21,23)/t14-,15+/m0/s1. The first-order valence-electron chi connectivity index (χ1n) is 8.22. The number of carbonyl (C=O) groups is 1. The van der Waals surface area contributed by atoms with E-state index in [0.717, 1.165) is 21.7 Å². The normalized spacial score (nSPS) is 13.7. The molecule has 0 saturated carbocycles. The quantitative estimate of drug-likeness (QED) is 0.812. The van der Waals surface area contributed by atoms with Crippen molar-refractivity contribution in [1.29, 1.82) is 0 Å². The van der Waals surface area contributed by atoms with E-state index in [0.29, 0.717) is 10.7 Å². The number of amides is 1. The van der Waals surface area contributed by atoms with Crippen molar-refractivity contribution in [2.45, 2.75) is 32.9 Å². The second-order valence-corrected chi connectivity index (χ2v) is 8.58. The Bertz CT molecular complexity index is 885. The molecule has 140 valence electrons. The first-order chi connectivity index (χ1) is 12.1. The first kappa shape index (κ1) is 20.3. The van der Waals surface area contributed by atoms with Crippen molar-refractivity contribution in [1.82, 2.24) is 5.32 Å². The van der Waals surface area contributed by atoms with Crippen LogP contribution < -0.4 is 9.62 Å². The SMILES string of the molecule is Cc1ccc(N([C@H](C)C(=O)N[C@@H](C)c2ccccc2)S(C)(=O)=O)cc1Cl. The number of aryl methyl sites for hydroxylation is 1. The van der Waals surface area contributed by atoms with Gasteiger partial charge in [-0.2, -0.15) is 0 Å². The van der Waals surface area contributed by atoms with Gasteiger partial charge in [0, 0.05) is 5.02 Å². The molecule has 2 aromatic carbocycles. The lowest BCUT2D eigenvalue weighted by molar-refractivity contribution is -0.122. The Morgan fingerprint density at radius 3 is 2.27 bits per heavy atom. The zero-order valence-electron chi connectivity index (χ0n) is 15.2. The van der Waals surface area contributed by atoms with Crippen LogP contribution in [-0.4, -0.2) is 26.6 Å². The summed E-state index contributed by atoms with van der Waals surface area (Å²) in [6.07, 6.45) is 1.07. The molecule has 2 rings (SSSR count). The van der Waals surface area contributed by atoms with Crippen molar-refractivity contribution < 1.29 is 13.2 Å². The average Bonchev–Trinajstić information content (AvgIpc) is 2.57. The van der Waals surface area contributed by atoms with Crippen LogP contribution >= 0.6 is 11.6 Å². The van der Waals surface area contributed by atoms with Crippen LogP contribution in [0.2, 0.25) is 5.02 Å². The molecule has 26 heavy (non-hydrogen) atoms. The van der Waals surface area contributed by atoms with Crippen molar-refractivity contribution in [3.05, 3.63) is 64.7 Å². The van der Waals surface area contributed by atoms with Crippen LogP contribution in [0.1, 0.15) is 31.0 Å². The number of carbonyl (C=O) groups excluding carboxylic acids is 1. The average molecular weight is 395 g/mol. The van der Waals surface area contributed by atoms with Gasteiger partial charge in [-0.25, -0.2) is 8.42 Å². The lowest BCUT2D eigenvalue weighted by Crippen LogP contribution is -2.48. The van der Waals surface area contributed by atoms with E-state index in [1.54, 1.807) is 25.1 Å². The van der Waals surface area contributed by atoms with E-state index >= 15 is 0 Å². The number of benzene rings is 2. The minimum atomic E-state index is -3.68. The second-order valence-electron chi connectivity index (χ2n) is 6.31. The number of rotatable bonds is 6. The number of hydrogen-bond donors (Lipinski definition) is 1. The van der Waals surface area contributed by atoms with Crippen molar-refractivity contribution in [2.75, 3.05) is 10.6 Å². The summed E-state index contributed by atoms with van der Waals surface area (Å²) >= 11 is 6.13. The maximum atomic E-state index is 12.7. The van der Waals surface area contributed by atoms with Crippen molar-refractivity contribution in [2.24, 2.45) is 0 Å². The highest BCUT2D eigenvalue weighted by atomic mass is 35.5. The Kier molecular flexibility index (Phi) is 6.31. The van der Waals surface area contributed by atoms with Crippen LogP contribution in [0, 0.1) is 6.92 Å². The number of halogens is 1. The molecule has 5 nitrogen and oxygen atoms in total. The Hall–Kier alpha value is -2.05. The van der Waals surface area contributed by atoms with E-state index in [1.807, 2.05) is 44.2 Å². The molecule has 0 fully saturated rings. The molecule has 0 spiro atoms. The molecule has 2 atom stereocenters. The summed E-state index contributed by atoms with van der Waals surface area (Å²) in [5, 5.41) is 3.31. The molecule has 0 aliphatic heterocycles. The smallest absolute Gasteiger partial charge is 0.244 e. The molecule has 0 saturated heterocycles. The van der Waals surface area contributed by atoms with Crippen LogP contribution in [0.3, 0.4) is 0 Å². The van der Waals surface area contributed by atoms with Crippen molar-refractivity contribution >= 4 is 33.2 Å². The van der Waals surface area contributed by atoms with E-state index in [1.165, 1.54) is 0 Å². The van der Waals surface area contributed by atoms with E-state index in [4.69, 9.17) is 11.6 Å². The van der Waals surface area contributed by atoms with Gasteiger partial charge in [-0.05, 0) is 44.0 Å². The lowest BCUT2D eigenvalue weighted by Gasteiger charge is -2.29. The van der Waals surface area contributed by atoms with Crippen molar-refractivity contribution in [3.8, 4) is 0 Å². The summed E-state index contributed by atoms with van der Waals surface area (Å²) in [5.41, 5.74) is 2.13. The third-order valence-electron chi connectivity index (χ3n) is 4.16. The minimum absolute atomic E-state index is 0.242. The highest BCUT2D eigenvalue weighted by molar-refractivity contribution is 7.92. The number of nitrogens with zero attached hydrogens (tertiary/aromatic N) is 1. The summed E-state index contributed by atoms with van der Waals surface area (Å²) in [6.45, 7) is 5.24. The number of sulfonamides is 1. The van der Waals surface area contributed by atoms with Gasteiger partial charge in [0.15, 0.2) is 0 Å². The zero-order valence-corrected chi connectivity index (χ0v) is 16.8. The fourth-order valence-electron chi connectivity index (χ4n) is 2.69. The predicted molar refractivity (Wildman–Crippen MR) is 106 cm³/mol. The highest BCUT2D eigenvalue weighted by Crippen LogP contribution is 2.27. The van der Waals surface area contributed by atoms with E-state index in [9.17, 15) is 13.2 Å².